The van der Waals surface area contributed by atoms with Gasteiger partial charge in [0.05, 0.1) is 24.2 Å². The first-order valence-corrected chi connectivity index (χ1v) is 10.7. The van der Waals surface area contributed by atoms with Gasteiger partial charge in [-0.2, -0.15) is 0 Å². The van der Waals surface area contributed by atoms with Crippen LogP contribution in [0.4, 0.5) is 0 Å². The van der Waals surface area contributed by atoms with Crippen LogP contribution in [0.2, 0.25) is 0 Å². The van der Waals surface area contributed by atoms with Gasteiger partial charge in [0.15, 0.2) is 0 Å². The Morgan fingerprint density at radius 2 is 1.86 bits per heavy atom. The zero-order chi connectivity index (χ0) is 19.3. The van der Waals surface area contributed by atoms with Gasteiger partial charge in [-0.1, -0.05) is 37.5 Å². The lowest BCUT2D eigenvalue weighted by molar-refractivity contribution is -0.124. The number of carbonyl (C=O) groups is 1. The van der Waals surface area contributed by atoms with Crippen LogP contribution in [0.5, 0.6) is 0 Å². The lowest BCUT2D eigenvalue weighted by Crippen LogP contribution is -2.45. The SMILES string of the molecule is O=C(CN1CCCCCCC1)NC(c1cnc2ccccc2c1)C1CC(O)C1. The van der Waals surface area contributed by atoms with Crippen molar-refractivity contribution in [3.63, 3.8) is 0 Å². The lowest BCUT2D eigenvalue weighted by Gasteiger charge is -2.38. The van der Waals surface area contributed by atoms with E-state index in [1.54, 1.807) is 0 Å². The van der Waals surface area contributed by atoms with Crippen molar-refractivity contribution >= 4 is 16.8 Å². The summed E-state index contributed by atoms with van der Waals surface area (Å²) in [6.07, 6.45) is 9.33. The van der Waals surface area contributed by atoms with Crippen molar-refractivity contribution in [1.82, 2.24) is 15.2 Å². The van der Waals surface area contributed by atoms with Crippen molar-refractivity contribution < 1.29 is 9.90 Å². The van der Waals surface area contributed by atoms with Gasteiger partial charge in [-0.3, -0.25) is 14.7 Å². The Kier molecular flexibility index (Phi) is 6.23. The molecule has 1 unspecified atom stereocenters. The molecule has 1 aliphatic heterocycles. The fourth-order valence-corrected chi connectivity index (χ4v) is 4.53. The highest BCUT2D eigenvalue weighted by Gasteiger charge is 2.36. The average Bonchev–Trinajstić information content (AvgIpc) is 2.65. The van der Waals surface area contributed by atoms with Gasteiger partial charge in [0.25, 0.3) is 0 Å². The van der Waals surface area contributed by atoms with Crippen molar-refractivity contribution in [3.8, 4) is 0 Å². The van der Waals surface area contributed by atoms with Gasteiger partial charge in [-0.15, -0.1) is 0 Å². The van der Waals surface area contributed by atoms with Gasteiger partial charge in [0.2, 0.25) is 5.91 Å². The predicted molar refractivity (Wildman–Crippen MR) is 111 cm³/mol. The quantitative estimate of drug-likeness (QED) is 0.833. The molecule has 1 aliphatic carbocycles. The second-order valence-corrected chi connectivity index (χ2v) is 8.44. The van der Waals surface area contributed by atoms with E-state index in [0.717, 1.165) is 42.4 Å². The van der Waals surface area contributed by atoms with Crippen molar-refractivity contribution in [3.05, 3.63) is 42.1 Å². The normalized spacial score (nSPS) is 24.8. The maximum absolute atomic E-state index is 12.8. The molecule has 5 heteroatoms. The maximum Gasteiger partial charge on any atom is 0.234 e. The Labute approximate surface area is 167 Å². The van der Waals surface area contributed by atoms with Crippen molar-refractivity contribution in [1.29, 1.82) is 0 Å². The predicted octanol–water partition coefficient (Wildman–Crippen LogP) is 3.43. The van der Waals surface area contributed by atoms with E-state index < -0.39 is 0 Å². The number of aliphatic hydroxyl groups excluding tert-OH is 1. The molecule has 150 valence electrons. The third kappa shape index (κ3) is 4.70. The van der Waals surface area contributed by atoms with Crippen molar-refractivity contribution in [2.45, 2.75) is 57.1 Å². The van der Waals surface area contributed by atoms with Gasteiger partial charge in [0, 0.05) is 11.6 Å². The second-order valence-electron chi connectivity index (χ2n) is 8.44. The molecule has 2 N–H and O–H groups in total. The van der Waals surface area contributed by atoms with Crippen LogP contribution in [0.25, 0.3) is 10.9 Å². The Morgan fingerprint density at radius 3 is 2.61 bits per heavy atom. The first-order valence-electron chi connectivity index (χ1n) is 10.7. The molecule has 4 rings (SSSR count). The van der Waals surface area contributed by atoms with Gasteiger partial charge in [-0.05, 0) is 62.4 Å². The molecule has 2 aliphatic rings. The zero-order valence-electron chi connectivity index (χ0n) is 16.5. The zero-order valence-corrected chi connectivity index (χ0v) is 16.5. The number of amides is 1. The minimum absolute atomic E-state index is 0.0808. The number of rotatable bonds is 5. The Bertz CT molecular complexity index is 795. The molecule has 2 heterocycles. The van der Waals surface area contributed by atoms with Crippen LogP contribution in [0.1, 0.15) is 56.6 Å². The van der Waals surface area contributed by atoms with Crippen LogP contribution < -0.4 is 5.32 Å². The van der Waals surface area contributed by atoms with Gasteiger partial charge >= 0.3 is 0 Å². The molecule has 1 saturated heterocycles. The number of benzene rings is 1. The smallest absolute Gasteiger partial charge is 0.234 e. The van der Waals surface area contributed by atoms with E-state index in [0.29, 0.717) is 6.54 Å². The number of para-hydroxylation sites is 1. The molecule has 1 aromatic carbocycles. The number of fused-ring (bicyclic) bond motifs is 1. The fourth-order valence-electron chi connectivity index (χ4n) is 4.53. The average molecular weight is 382 g/mol. The minimum atomic E-state index is -0.243. The first-order chi connectivity index (χ1) is 13.7. The van der Waals surface area contributed by atoms with Crippen LogP contribution in [-0.2, 0) is 4.79 Å². The molecule has 1 atom stereocenters. The number of hydrogen-bond donors (Lipinski definition) is 2. The third-order valence-electron chi connectivity index (χ3n) is 6.22. The summed E-state index contributed by atoms with van der Waals surface area (Å²) in [4.78, 5) is 19.7. The molecule has 5 nitrogen and oxygen atoms in total. The highest BCUT2D eigenvalue weighted by Crippen LogP contribution is 2.38. The molecule has 0 bridgehead atoms. The molecule has 2 fully saturated rings. The van der Waals surface area contributed by atoms with Crippen LogP contribution in [0, 0.1) is 5.92 Å². The summed E-state index contributed by atoms with van der Waals surface area (Å²) in [7, 11) is 0. The summed E-state index contributed by atoms with van der Waals surface area (Å²) in [6, 6.07) is 10.1. The number of nitrogens with zero attached hydrogens (tertiary/aromatic N) is 2. The summed E-state index contributed by atoms with van der Waals surface area (Å²) < 4.78 is 0. The van der Waals surface area contributed by atoms with E-state index >= 15 is 0 Å². The highest BCUT2D eigenvalue weighted by atomic mass is 16.3. The molecule has 2 aromatic rings. The number of nitrogens with one attached hydrogen (secondary N) is 1. The molecule has 0 radical (unpaired) electrons. The standard InChI is InChI=1S/C23H31N3O2/c27-20-13-18(14-20)23(19-12-17-8-4-5-9-21(17)24-15-19)25-22(28)16-26-10-6-2-1-3-7-11-26/h4-5,8-9,12,15,18,20,23,27H,1-3,6-7,10-11,13-14,16H2,(H,25,28). The summed E-state index contributed by atoms with van der Waals surface area (Å²) in [5.74, 6) is 0.356. The third-order valence-corrected chi connectivity index (χ3v) is 6.22. The van der Waals surface area contributed by atoms with Gasteiger partial charge < -0.3 is 10.4 Å². The Balaban J connectivity index is 1.46. The molecular weight excluding hydrogens is 350 g/mol. The number of pyridine rings is 1. The van der Waals surface area contributed by atoms with Gasteiger partial charge in [-0.25, -0.2) is 0 Å². The number of aromatic nitrogens is 1. The number of hydrogen-bond acceptors (Lipinski definition) is 4. The number of likely N-dealkylation sites (tertiary alicyclic amines) is 1. The van der Waals surface area contributed by atoms with Crippen LogP contribution >= 0.6 is 0 Å². The second kappa shape index (κ2) is 9.01. The van der Waals surface area contributed by atoms with Crippen molar-refractivity contribution in [2.75, 3.05) is 19.6 Å². The van der Waals surface area contributed by atoms with E-state index in [1.807, 2.05) is 24.4 Å². The van der Waals surface area contributed by atoms with Gasteiger partial charge in [0.1, 0.15) is 0 Å². The molecular formula is C23H31N3O2. The number of carbonyl (C=O) groups excluding carboxylic acids is 1. The molecule has 28 heavy (non-hydrogen) atoms. The maximum atomic E-state index is 12.8. The summed E-state index contributed by atoms with van der Waals surface area (Å²) in [6.45, 7) is 2.49. The van der Waals surface area contributed by atoms with E-state index in [9.17, 15) is 9.90 Å². The van der Waals surface area contributed by atoms with E-state index in [2.05, 4.69) is 27.3 Å². The Hall–Kier alpha value is -1.98. The van der Waals surface area contributed by atoms with Crippen LogP contribution in [0.15, 0.2) is 36.5 Å². The van der Waals surface area contributed by atoms with Crippen LogP contribution in [0.3, 0.4) is 0 Å². The summed E-state index contributed by atoms with van der Waals surface area (Å²) in [5.41, 5.74) is 2.00. The highest BCUT2D eigenvalue weighted by molar-refractivity contribution is 5.80. The van der Waals surface area contributed by atoms with E-state index in [1.165, 1.54) is 32.1 Å². The first kappa shape index (κ1) is 19.3. The minimum Gasteiger partial charge on any atom is -0.393 e. The van der Waals surface area contributed by atoms with E-state index in [4.69, 9.17) is 0 Å². The molecule has 0 spiro atoms. The fraction of sp³-hybridized carbons (Fsp3) is 0.565. The molecule has 1 saturated carbocycles. The van der Waals surface area contributed by atoms with Crippen molar-refractivity contribution in [2.24, 2.45) is 5.92 Å². The summed E-state index contributed by atoms with van der Waals surface area (Å²) in [5, 5.41) is 14.2. The molecule has 1 aromatic heterocycles. The topological polar surface area (TPSA) is 65.5 Å². The largest absolute Gasteiger partial charge is 0.393 e. The Morgan fingerprint density at radius 1 is 1.14 bits per heavy atom. The molecule has 1 amide bonds. The van der Waals surface area contributed by atoms with E-state index in [-0.39, 0.29) is 24.0 Å². The monoisotopic (exact) mass is 381 g/mol. The van der Waals surface area contributed by atoms with Crippen LogP contribution in [-0.4, -0.2) is 46.6 Å². The lowest BCUT2D eigenvalue weighted by atomic mass is 9.75. The summed E-state index contributed by atoms with van der Waals surface area (Å²) >= 11 is 0. The number of aliphatic hydroxyl groups is 1.